The Morgan fingerprint density at radius 1 is 1.37 bits per heavy atom. The van der Waals surface area contributed by atoms with Crippen molar-refractivity contribution in [2.75, 3.05) is 0 Å². The highest BCUT2D eigenvalue weighted by atomic mass is 35.5. The number of aromatic nitrogens is 2. The van der Waals surface area contributed by atoms with E-state index in [2.05, 4.69) is 5.10 Å². The van der Waals surface area contributed by atoms with Crippen molar-refractivity contribution in [1.82, 2.24) is 9.78 Å². The Morgan fingerprint density at radius 3 is 2.47 bits per heavy atom. The summed E-state index contributed by atoms with van der Waals surface area (Å²) in [5.41, 5.74) is 2.00. The Kier molecular flexibility index (Phi) is 3.57. The Labute approximate surface area is 116 Å². The molecule has 100 valence electrons. The summed E-state index contributed by atoms with van der Waals surface area (Å²) in [5.74, 6) is -0.0665. The molecular formula is C13H14ClN3O2. The molecule has 2 rings (SSSR count). The van der Waals surface area contributed by atoms with Crippen LogP contribution in [0.25, 0.3) is 5.69 Å². The first-order chi connectivity index (χ1) is 8.93. The molecule has 0 spiro atoms. The maximum atomic E-state index is 11.1. The van der Waals surface area contributed by atoms with Crippen molar-refractivity contribution in [3.8, 4) is 5.69 Å². The molecule has 1 aromatic heterocycles. The zero-order chi connectivity index (χ0) is 14.2. The van der Waals surface area contributed by atoms with Gasteiger partial charge >= 0.3 is 5.69 Å². The molecule has 19 heavy (non-hydrogen) atoms. The molecule has 0 bridgehead atoms. The first-order valence-electron chi connectivity index (χ1n) is 5.92. The van der Waals surface area contributed by atoms with Crippen molar-refractivity contribution >= 4 is 17.3 Å². The molecule has 0 unspecified atom stereocenters. The van der Waals surface area contributed by atoms with E-state index in [0.717, 1.165) is 11.3 Å². The molecule has 0 N–H and O–H groups in total. The number of nitro groups is 1. The fourth-order valence-electron chi connectivity index (χ4n) is 1.92. The molecule has 5 nitrogen and oxygen atoms in total. The highest BCUT2D eigenvalue weighted by Crippen LogP contribution is 2.35. The van der Waals surface area contributed by atoms with Gasteiger partial charge in [-0.1, -0.05) is 43.6 Å². The molecule has 0 aliphatic rings. The van der Waals surface area contributed by atoms with Crippen LogP contribution in [0.5, 0.6) is 0 Å². The van der Waals surface area contributed by atoms with Gasteiger partial charge in [0.05, 0.1) is 10.6 Å². The van der Waals surface area contributed by atoms with Gasteiger partial charge in [0.25, 0.3) is 0 Å². The monoisotopic (exact) mass is 279 g/mol. The summed E-state index contributed by atoms with van der Waals surface area (Å²) in [6.45, 7) is 5.62. The van der Waals surface area contributed by atoms with Gasteiger partial charge in [0.1, 0.15) is 5.69 Å². The van der Waals surface area contributed by atoms with Crippen molar-refractivity contribution in [1.29, 1.82) is 0 Å². The van der Waals surface area contributed by atoms with Crippen LogP contribution in [0.4, 0.5) is 5.69 Å². The minimum absolute atomic E-state index is 0.0444. The second-order valence-corrected chi connectivity index (χ2v) is 4.99. The van der Waals surface area contributed by atoms with Gasteiger partial charge in [-0.05, 0) is 18.6 Å². The Hall–Kier alpha value is -1.88. The number of nitrogens with zero attached hydrogens (tertiary/aromatic N) is 3. The second kappa shape index (κ2) is 5.01. The topological polar surface area (TPSA) is 61.0 Å². The molecular weight excluding hydrogens is 266 g/mol. The molecule has 1 aromatic carbocycles. The predicted octanol–water partition coefficient (Wildman–Crippen LogP) is 3.87. The van der Waals surface area contributed by atoms with E-state index < -0.39 is 4.92 Å². The minimum Gasteiger partial charge on any atom is -0.258 e. The predicted molar refractivity (Wildman–Crippen MR) is 74.1 cm³/mol. The zero-order valence-electron chi connectivity index (χ0n) is 10.9. The van der Waals surface area contributed by atoms with Crippen molar-refractivity contribution < 1.29 is 4.92 Å². The van der Waals surface area contributed by atoms with Gasteiger partial charge < -0.3 is 0 Å². The summed E-state index contributed by atoms with van der Waals surface area (Å²) in [4.78, 5) is 10.7. The summed E-state index contributed by atoms with van der Waals surface area (Å²) in [6, 6.07) is 7.49. The van der Waals surface area contributed by atoms with Crippen LogP contribution in [0.2, 0.25) is 5.15 Å². The standard InChI is InChI=1S/C13H14ClN3O2/c1-8(2)11-12(17(18)19)13(14)16(15-11)10-7-5-4-6-9(10)3/h4-8H,1-3H3. The fraction of sp³-hybridized carbons (Fsp3) is 0.308. The number of hydrogen-bond donors (Lipinski definition) is 0. The van der Waals surface area contributed by atoms with Gasteiger partial charge in [-0.25, -0.2) is 4.68 Å². The average molecular weight is 280 g/mol. The van der Waals surface area contributed by atoms with E-state index in [-0.39, 0.29) is 16.8 Å². The Balaban J connectivity index is 2.70. The summed E-state index contributed by atoms with van der Waals surface area (Å²) in [7, 11) is 0. The molecule has 6 heteroatoms. The lowest BCUT2D eigenvalue weighted by Gasteiger charge is -2.05. The summed E-state index contributed by atoms with van der Waals surface area (Å²) >= 11 is 6.13. The third-order valence-corrected chi connectivity index (χ3v) is 3.24. The highest BCUT2D eigenvalue weighted by molar-refractivity contribution is 6.32. The van der Waals surface area contributed by atoms with Crippen LogP contribution in [-0.4, -0.2) is 14.7 Å². The Bertz CT molecular complexity index is 635. The number of benzene rings is 1. The molecule has 0 amide bonds. The molecule has 1 heterocycles. The van der Waals surface area contributed by atoms with Gasteiger partial charge in [0.2, 0.25) is 5.15 Å². The van der Waals surface area contributed by atoms with Crippen LogP contribution in [0, 0.1) is 17.0 Å². The smallest absolute Gasteiger partial charge is 0.258 e. The molecule has 0 aliphatic heterocycles. The van der Waals surface area contributed by atoms with Gasteiger partial charge in [0, 0.05) is 5.92 Å². The van der Waals surface area contributed by atoms with Crippen LogP contribution in [-0.2, 0) is 0 Å². The number of rotatable bonds is 3. The maximum Gasteiger partial charge on any atom is 0.329 e. The summed E-state index contributed by atoms with van der Waals surface area (Å²) in [5, 5.41) is 15.5. The minimum atomic E-state index is -0.473. The van der Waals surface area contributed by atoms with Crippen molar-refractivity contribution in [2.24, 2.45) is 0 Å². The van der Waals surface area contributed by atoms with Gasteiger partial charge in [-0.15, -0.1) is 0 Å². The molecule has 0 radical (unpaired) electrons. The SMILES string of the molecule is Cc1ccccc1-n1nc(C(C)C)c([N+](=O)[O-])c1Cl. The fourth-order valence-corrected chi connectivity index (χ4v) is 2.22. The quantitative estimate of drug-likeness (QED) is 0.633. The van der Waals surface area contributed by atoms with Crippen molar-refractivity contribution in [3.05, 3.63) is 50.8 Å². The van der Waals surface area contributed by atoms with Gasteiger partial charge in [-0.2, -0.15) is 5.10 Å². The van der Waals surface area contributed by atoms with Crippen LogP contribution >= 0.6 is 11.6 Å². The van der Waals surface area contributed by atoms with E-state index in [0.29, 0.717) is 5.69 Å². The lowest BCUT2D eigenvalue weighted by Crippen LogP contribution is -2.00. The van der Waals surface area contributed by atoms with E-state index in [1.165, 1.54) is 4.68 Å². The lowest BCUT2D eigenvalue weighted by molar-refractivity contribution is -0.385. The van der Waals surface area contributed by atoms with Crippen LogP contribution in [0.3, 0.4) is 0 Å². The molecule has 0 atom stereocenters. The van der Waals surface area contributed by atoms with E-state index in [9.17, 15) is 10.1 Å². The van der Waals surface area contributed by atoms with E-state index in [4.69, 9.17) is 11.6 Å². The van der Waals surface area contributed by atoms with Crippen LogP contribution in [0.15, 0.2) is 24.3 Å². The second-order valence-electron chi connectivity index (χ2n) is 4.63. The van der Waals surface area contributed by atoms with E-state index in [1.807, 2.05) is 45.0 Å². The van der Waals surface area contributed by atoms with Crippen LogP contribution in [0.1, 0.15) is 31.0 Å². The van der Waals surface area contributed by atoms with Crippen molar-refractivity contribution in [3.63, 3.8) is 0 Å². The van der Waals surface area contributed by atoms with E-state index >= 15 is 0 Å². The third kappa shape index (κ3) is 2.33. The first-order valence-corrected chi connectivity index (χ1v) is 6.30. The van der Waals surface area contributed by atoms with E-state index in [1.54, 1.807) is 0 Å². The lowest BCUT2D eigenvalue weighted by atomic mass is 10.1. The third-order valence-electron chi connectivity index (χ3n) is 2.90. The van der Waals surface area contributed by atoms with Crippen molar-refractivity contribution in [2.45, 2.75) is 26.7 Å². The Morgan fingerprint density at radius 2 is 2.00 bits per heavy atom. The van der Waals surface area contributed by atoms with Gasteiger partial charge in [-0.3, -0.25) is 10.1 Å². The van der Waals surface area contributed by atoms with Crippen LogP contribution < -0.4 is 0 Å². The molecule has 0 fully saturated rings. The normalized spacial score (nSPS) is 11.0. The summed E-state index contributed by atoms with van der Waals surface area (Å²) < 4.78 is 1.43. The molecule has 2 aromatic rings. The number of para-hydroxylation sites is 1. The highest BCUT2D eigenvalue weighted by Gasteiger charge is 2.29. The molecule has 0 saturated heterocycles. The molecule has 0 aliphatic carbocycles. The zero-order valence-corrected chi connectivity index (χ0v) is 11.7. The number of aryl methyl sites for hydroxylation is 1. The number of hydrogen-bond acceptors (Lipinski definition) is 3. The largest absolute Gasteiger partial charge is 0.329 e. The summed E-state index contributed by atoms with van der Waals surface area (Å²) in [6.07, 6.45) is 0. The maximum absolute atomic E-state index is 11.1. The number of halogens is 1. The average Bonchev–Trinajstić information content (AvgIpc) is 2.68. The van der Waals surface area contributed by atoms with Gasteiger partial charge in [0.15, 0.2) is 0 Å². The first kappa shape index (κ1) is 13.5. The molecule has 0 saturated carbocycles.